The topological polar surface area (TPSA) is 29.5 Å². The quantitative estimate of drug-likeness (QED) is 0.773. The van der Waals surface area contributed by atoms with E-state index in [0.29, 0.717) is 5.56 Å². The number of alkyl halides is 2. The normalized spacial score (nSPS) is 10.5. The van der Waals surface area contributed by atoms with Gasteiger partial charge in [-0.05, 0) is 24.6 Å². The first-order valence-corrected chi connectivity index (χ1v) is 3.72. The molecule has 0 spiro atoms. The van der Waals surface area contributed by atoms with E-state index in [1.54, 1.807) is 6.92 Å². The van der Waals surface area contributed by atoms with Crippen LogP contribution < -0.4 is 4.74 Å². The van der Waals surface area contributed by atoms with E-state index >= 15 is 0 Å². The Kier molecular flexibility index (Phi) is 2.70. The number of benzene rings is 1. The van der Waals surface area contributed by atoms with Crippen molar-refractivity contribution in [1.82, 2.24) is 0 Å². The lowest BCUT2D eigenvalue weighted by Crippen LogP contribution is -1.93. The molecule has 1 rings (SSSR count). The van der Waals surface area contributed by atoms with Gasteiger partial charge >= 0.3 is 0 Å². The highest BCUT2D eigenvalue weighted by Crippen LogP contribution is 2.37. The van der Waals surface area contributed by atoms with E-state index in [9.17, 15) is 13.9 Å². The number of aromatic hydroxyl groups is 1. The Morgan fingerprint density at radius 1 is 1.38 bits per heavy atom. The average Bonchev–Trinajstić information content (AvgIpc) is 2.02. The number of phenolic OH excluding ortho intramolecular Hbond substituents is 1. The molecule has 0 aliphatic carbocycles. The van der Waals surface area contributed by atoms with Crippen LogP contribution in [0.1, 0.15) is 17.6 Å². The highest BCUT2D eigenvalue weighted by atomic mass is 19.3. The Bertz CT molecular complexity index is 311. The van der Waals surface area contributed by atoms with Gasteiger partial charge in [-0.1, -0.05) is 0 Å². The van der Waals surface area contributed by atoms with Crippen molar-refractivity contribution in [3.63, 3.8) is 0 Å². The number of hydrogen-bond acceptors (Lipinski definition) is 2. The molecular formula is C9H10F2O2. The van der Waals surface area contributed by atoms with Crippen LogP contribution in [0.3, 0.4) is 0 Å². The molecule has 0 aromatic heterocycles. The fraction of sp³-hybridized carbons (Fsp3) is 0.333. The number of rotatable bonds is 2. The molecule has 72 valence electrons. The molecule has 2 nitrogen and oxygen atoms in total. The fourth-order valence-corrected chi connectivity index (χ4v) is 1.17. The van der Waals surface area contributed by atoms with Gasteiger partial charge in [0.1, 0.15) is 0 Å². The first kappa shape index (κ1) is 9.77. The zero-order valence-electron chi connectivity index (χ0n) is 7.34. The summed E-state index contributed by atoms with van der Waals surface area (Å²) >= 11 is 0. The third-order valence-electron chi connectivity index (χ3n) is 1.68. The largest absolute Gasteiger partial charge is 0.504 e. The van der Waals surface area contributed by atoms with Crippen molar-refractivity contribution >= 4 is 0 Å². The third-order valence-corrected chi connectivity index (χ3v) is 1.68. The van der Waals surface area contributed by atoms with Crippen molar-refractivity contribution in [3.05, 3.63) is 23.3 Å². The van der Waals surface area contributed by atoms with Crippen LogP contribution in [0.4, 0.5) is 8.78 Å². The Morgan fingerprint density at radius 2 is 2.00 bits per heavy atom. The van der Waals surface area contributed by atoms with Gasteiger partial charge in [0, 0.05) is 0 Å². The maximum atomic E-state index is 12.4. The second-order valence-corrected chi connectivity index (χ2v) is 2.71. The molecule has 0 aliphatic rings. The van der Waals surface area contributed by atoms with E-state index in [1.807, 2.05) is 0 Å². The summed E-state index contributed by atoms with van der Waals surface area (Å²) in [6.45, 7) is 1.63. The molecule has 0 bridgehead atoms. The van der Waals surface area contributed by atoms with Crippen molar-refractivity contribution in [2.45, 2.75) is 13.3 Å². The summed E-state index contributed by atoms with van der Waals surface area (Å²) in [6.07, 6.45) is -2.64. The lowest BCUT2D eigenvalue weighted by Gasteiger charge is -2.10. The first-order valence-electron chi connectivity index (χ1n) is 3.72. The zero-order valence-corrected chi connectivity index (χ0v) is 7.34. The molecule has 0 saturated carbocycles. The molecule has 0 radical (unpaired) electrons. The first-order chi connectivity index (χ1) is 6.06. The second kappa shape index (κ2) is 3.60. The minimum Gasteiger partial charge on any atom is -0.504 e. The molecule has 0 aliphatic heterocycles. The van der Waals surface area contributed by atoms with Gasteiger partial charge in [0.2, 0.25) is 0 Å². The maximum absolute atomic E-state index is 12.4. The van der Waals surface area contributed by atoms with Crippen molar-refractivity contribution in [3.8, 4) is 11.5 Å². The molecule has 1 aromatic rings. The molecular weight excluding hydrogens is 178 g/mol. The number of ether oxygens (including phenoxy) is 1. The van der Waals surface area contributed by atoms with Crippen LogP contribution in [-0.4, -0.2) is 12.2 Å². The maximum Gasteiger partial charge on any atom is 0.267 e. The van der Waals surface area contributed by atoms with Crippen LogP contribution in [-0.2, 0) is 0 Å². The number of methoxy groups -OCH3 is 1. The zero-order chi connectivity index (χ0) is 10.0. The van der Waals surface area contributed by atoms with Gasteiger partial charge in [0.15, 0.2) is 11.5 Å². The Hall–Kier alpha value is -1.32. The summed E-state index contributed by atoms with van der Waals surface area (Å²) < 4.78 is 29.4. The molecule has 0 amide bonds. The molecule has 0 unspecified atom stereocenters. The molecule has 4 heteroatoms. The summed E-state index contributed by atoms with van der Waals surface area (Å²) in [5, 5.41) is 9.26. The fourth-order valence-electron chi connectivity index (χ4n) is 1.17. The van der Waals surface area contributed by atoms with E-state index in [0.717, 1.165) is 0 Å². The van der Waals surface area contributed by atoms with E-state index in [4.69, 9.17) is 0 Å². The molecule has 13 heavy (non-hydrogen) atoms. The minimum absolute atomic E-state index is 0.152. The summed E-state index contributed by atoms with van der Waals surface area (Å²) in [4.78, 5) is 0. The standard InChI is InChI=1S/C9H10F2O2/c1-5-3-6(9(10)11)8(13-2)7(12)4-5/h3-4,9,12H,1-2H3. The van der Waals surface area contributed by atoms with E-state index < -0.39 is 6.43 Å². The van der Waals surface area contributed by atoms with Crippen LogP contribution >= 0.6 is 0 Å². The van der Waals surface area contributed by atoms with Gasteiger partial charge in [0.25, 0.3) is 6.43 Å². The predicted octanol–water partition coefficient (Wildman–Crippen LogP) is 2.65. The third kappa shape index (κ3) is 1.88. The van der Waals surface area contributed by atoms with Gasteiger partial charge < -0.3 is 9.84 Å². The predicted molar refractivity (Wildman–Crippen MR) is 44.4 cm³/mol. The Morgan fingerprint density at radius 3 is 2.46 bits per heavy atom. The summed E-state index contributed by atoms with van der Waals surface area (Å²) in [5.41, 5.74) is 0.300. The molecule has 0 atom stereocenters. The van der Waals surface area contributed by atoms with Crippen LogP contribution in [0.5, 0.6) is 11.5 Å². The minimum atomic E-state index is -2.64. The summed E-state index contributed by atoms with van der Waals surface area (Å²) in [7, 11) is 1.25. The summed E-state index contributed by atoms with van der Waals surface area (Å²) in [6, 6.07) is 2.67. The monoisotopic (exact) mass is 188 g/mol. The van der Waals surface area contributed by atoms with Crippen molar-refractivity contribution in [1.29, 1.82) is 0 Å². The van der Waals surface area contributed by atoms with Gasteiger partial charge in [-0.25, -0.2) is 8.78 Å². The molecule has 0 heterocycles. The van der Waals surface area contributed by atoms with Crippen molar-refractivity contribution in [2.75, 3.05) is 7.11 Å². The van der Waals surface area contributed by atoms with Crippen LogP contribution in [0.25, 0.3) is 0 Å². The van der Waals surface area contributed by atoms with E-state index in [1.165, 1.54) is 19.2 Å². The lowest BCUT2D eigenvalue weighted by atomic mass is 10.1. The SMILES string of the molecule is COc1c(O)cc(C)cc1C(F)F. The molecule has 0 fully saturated rings. The van der Waals surface area contributed by atoms with Crippen LogP contribution in [0, 0.1) is 6.92 Å². The van der Waals surface area contributed by atoms with Gasteiger partial charge in [0.05, 0.1) is 12.7 Å². The van der Waals surface area contributed by atoms with Crippen LogP contribution in [0.2, 0.25) is 0 Å². The van der Waals surface area contributed by atoms with Gasteiger partial charge in [-0.15, -0.1) is 0 Å². The second-order valence-electron chi connectivity index (χ2n) is 2.71. The number of aryl methyl sites for hydroxylation is 1. The van der Waals surface area contributed by atoms with Crippen molar-refractivity contribution in [2.24, 2.45) is 0 Å². The average molecular weight is 188 g/mol. The molecule has 0 saturated heterocycles. The lowest BCUT2D eigenvalue weighted by molar-refractivity contribution is 0.146. The van der Waals surface area contributed by atoms with E-state index in [2.05, 4.69) is 4.74 Å². The van der Waals surface area contributed by atoms with Gasteiger partial charge in [-0.2, -0.15) is 0 Å². The smallest absolute Gasteiger partial charge is 0.267 e. The highest BCUT2D eigenvalue weighted by Gasteiger charge is 2.17. The van der Waals surface area contributed by atoms with Crippen LogP contribution in [0.15, 0.2) is 12.1 Å². The number of halogens is 2. The van der Waals surface area contributed by atoms with Gasteiger partial charge in [-0.3, -0.25) is 0 Å². The molecule has 1 N–H and O–H groups in total. The molecule has 1 aromatic carbocycles. The summed E-state index contributed by atoms with van der Waals surface area (Å²) in [5.74, 6) is -0.404. The Balaban J connectivity index is 3.29. The highest BCUT2D eigenvalue weighted by molar-refractivity contribution is 5.48. The van der Waals surface area contributed by atoms with Crippen molar-refractivity contribution < 1.29 is 18.6 Å². The Labute approximate surface area is 74.8 Å². The number of hydrogen-bond donors (Lipinski definition) is 1. The van der Waals surface area contributed by atoms with E-state index in [-0.39, 0.29) is 17.1 Å². The number of phenols is 1.